The fraction of sp³-hybridized carbons (Fsp3) is 0.700. The molecular formula is C10H20N2O2. The molecule has 0 spiro atoms. The second-order valence-corrected chi connectivity index (χ2v) is 3.20. The first-order chi connectivity index (χ1) is 6.61. The van der Waals surface area contributed by atoms with Crippen LogP contribution in [0.25, 0.3) is 0 Å². The maximum atomic E-state index is 11.4. The van der Waals surface area contributed by atoms with Crippen molar-refractivity contribution < 1.29 is 9.53 Å². The van der Waals surface area contributed by atoms with Gasteiger partial charge in [0.2, 0.25) is 5.91 Å². The van der Waals surface area contributed by atoms with Crippen LogP contribution in [0.15, 0.2) is 12.7 Å². The third-order valence-corrected chi connectivity index (χ3v) is 1.72. The highest BCUT2D eigenvalue weighted by Crippen LogP contribution is 1.91. The summed E-state index contributed by atoms with van der Waals surface area (Å²) in [4.78, 5) is 11.4. The maximum Gasteiger partial charge on any atom is 0.237 e. The molecule has 0 aromatic rings. The van der Waals surface area contributed by atoms with Crippen molar-refractivity contribution >= 4 is 5.91 Å². The lowest BCUT2D eigenvalue weighted by Crippen LogP contribution is -2.45. The first-order valence-electron chi connectivity index (χ1n) is 4.86. The predicted octanol–water partition coefficient (Wildman–Crippen LogP) is 0.431. The fourth-order valence-corrected chi connectivity index (χ4v) is 0.973. The average molecular weight is 200 g/mol. The molecule has 0 saturated heterocycles. The number of nitrogens with two attached hydrogens (primary N) is 1. The van der Waals surface area contributed by atoms with Crippen molar-refractivity contribution in [1.29, 1.82) is 0 Å². The van der Waals surface area contributed by atoms with Gasteiger partial charge in [0.1, 0.15) is 0 Å². The number of hydrogen-bond acceptors (Lipinski definition) is 3. The topological polar surface area (TPSA) is 64.4 Å². The molecule has 82 valence electrons. The molecule has 0 radical (unpaired) electrons. The minimum atomic E-state index is -0.503. The van der Waals surface area contributed by atoms with E-state index in [0.29, 0.717) is 19.6 Å². The summed E-state index contributed by atoms with van der Waals surface area (Å²) in [5.41, 5.74) is 5.58. The summed E-state index contributed by atoms with van der Waals surface area (Å²) in [5, 5.41) is 2.76. The highest BCUT2D eigenvalue weighted by molar-refractivity contribution is 5.81. The van der Waals surface area contributed by atoms with Gasteiger partial charge in [-0.05, 0) is 20.3 Å². The van der Waals surface area contributed by atoms with Crippen LogP contribution in [0.1, 0.15) is 20.3 Å². The van der Waals surface area contributed by atoms with Crippen molar-refractivity contribution in [3.8, 4) is 0 Å². The molecule has 4 nitrogen and oxygen atoms in total. The molecule has 3 N–H and O–H groups in total. The van der Waals surface area contributed by atoms with E-state index in [1.54, 1.807) is 6.08 Å². The van der Waals surface area contributed by atoms with Crippen LogP contribution in [0, 0.1) is 0 Å². The Bertz CT molecular complexity index is 183. The molecule has 0 aliphatic carbocycles. The van der Waals surface area contributed by atoms with Gasteiger partial charge in [-0.2, -0.15) is 0 Å². The minimum Gasteiger partial charge on any atom is -0.380 e. The molecule has 0 aromatic carbocycles. The molecular weight excluding hydrogens is 180 g/mol. The van der Waals surface area contributed by atoms with Gasteiger partial charge in [-0.3, -0.25) is 4.79 Å². The standard InChI is InChI=1S/C10H20N2O2/c1-4-6-9(11)10(13)12-8(3)7-14-5-2/h4,8-9H,1,5-7,11H2,2-3H3,(H,12,13). The van der Waals surface area contributed by atoms with Gasteiger partial charge >= 0.3 is 0 Å². The van der Waals surface area contributed by atoms with Crippen LogP contribution in [0.4, 0.5) is 0 Å². The van der Waals surface area contributed by atoms with E-state index < -0.39 is 6.04 Å². The van der Waals surface area contributed by atoms with Crippen LogP contribution in [-0.4, -0.2) is 31.2 Å². The van der Waals surface area contributed by atoms with E-state index in [9.17, 15) is 4.79 Å². The smallest absolute Gasteiger partial charge is 0.237 e. The lowest BCUT2D eigenvalue weighted by molar-refractivity contribution is -0.123. The lowest BCUT2D eigenvalue weighted by atomic mass is 10.2. The van der Waals surface area contributed by atoms with Crippen LogP contribution in [0.5, 0.6) is 0 Å². The Hall–Kier alpha value is -0.870. The largest absolute Gasteiger partial charge is 0.380 e. The van der Waals surface area contributed by atoms with Crippen LogP contribution in [0.3, 0.4) is 0 Å². The van der Waals surface area contributed by atoms with Crippen molar-refractivity contribution in [2.24, 2.45) is 5.73 Å². The average Bonchev–Trinajstić information content (AvgIpc) is 2.15. The normalized spacial score (nSPS) is 14.5. The van der Waals surface area contributed by atoms with Gasteiger partial charge in [-0.25, -0.2) is 0 Å². The molecule has 0 aromatic heterocycles. The molecule has 0 rings (SSSR count). The summed E-state index contributed by atoms with van der Waals surface area (Å²) in [7, 11) is 0. The SMILES string of the molecule is C=CCC(N)C(=O)NC(C)COCC. The predicted molar refractivity (Wildman–Crippen MR) is 56.9 cm³/mol. The van der Waals surface area contributed by atoms with Gasteiger partial charge in [0.05, 0.1) is 12.6 Å². The quantitative estimate of drug-likeness (QED) is 0.586. The molecule has 0 aliphatic heterocycles. The number of carbonyl (C=O) groups excluding carboxylic acids is 1. The van der Waals surface area contributed by atoms with E-state index in [4.69, 9.17) is 10.5 Å². The first kappa shape index (κ1) is 13.1. The van der Waals surface area contributed by atoms with Gasteiger partial charge in [0.15, 0.2) is 0 Å². The van der Waals surface area contributed by atoms with Crippen molar-refractivity contribution in [3.05, 3.63) is 12.7 Å². The van der Waals surface area contributed by atoms with Crippen LogP contribution in [-0.2, 0) is 9.53 Å². The van der Waals surface area contributed by atoms with E-state index in [1.807, 2.05) is 13.8 Å². The minimum absolute atomic E-state index is 0.00156. The maximum absolute atomic E-state index is 11.4. The third-order valence-electron chi connectivity index (χ3n) is 1.72. The highest BCUT2D eigenvalue weighted by atomic mass is 16.5. The van der Waals surface area contributed by atoms with E-state index >= 15 is 0 Å². The number of nitrogens with one attached hydrogen (secondary N) is 1. The molecule has 2 atom stereocenters. The molecule has 2 unspecified atom stereocenters. The second-order valence-electron chi connectivity index (χ2n) is 3.20. The van der Waals surface area contributed by atoms with E-state index in [1.165, 1.54) is 0 Å². The lowest BCUT2D eigenvalue weighted by Gasteiger charge is -2.16. The number of amides is 1. The molecule has 0 bridgehead atoms. The van der Waals surface area contributed by atoms with E-state index in [0.717, 1.165) is 0 Å². The molecule has 1 amide bonds. The number of ether oxygens (including phenoxy) is 1. The molecule has 0 heterocycles. The molecule has 0 aliphatic rings. The Morgan fingerprint density at radius 3 is 2.86 bits per heavy atom. The van der Waals surface area contributed by atoms with Crippen molar-refractivity contribution in [2.75, 3.05) is 13.2 Å². The van der Waals surface area contributed by atoms with Gasteiger partial charge in [0.25, 0.3) is 0 Å². The van der Waals surface area contributed by atoms with Gasteiger partial charge in [-0.1, -0.05) is 6.08 Å². The Kier molecular flexibility index (Phi) is 7.06. The zero-order chi connectivity index (χ0) is 11.0. The second kappa shape index (κ2) is 7.53. The van der Waals surface area contributed by atoms with Crippen LogP contribution in [0.2, 0.25) is 0 Å². The van der Waals surface area contributed by atoms with Crippen LogP contribution >= 0.6 is 0 Å². The van der Waals surface area contributed by atoms with Gasteiger partial charge < -0.3 is 15.8 Å². The Morgan fingerprint density at radius 2 is 2.36 bits per heavy atom. The van der Waals surface area contributed by atoms with Gasteiger partial charge in [0, 0.05) is 12.6 Å². The van der Waals surface area contributed by atoms with Crippen molar-refractivity contribution in [2.45, 2.75) is 32.4 Å². The Labute approximate surface area is 85.5 Å². The van der Waals surface area contributed by atoms with Crippen molar-refractivity contribution in [3.63, 3.8) is 0 Å². The monoisotopic (exact) mass is 200 g/mol. The number of carbonyl (C=O) groups is 1. The summed E-state index contributed by atoms with van der Waals surface area (Å²) in [5.74, 6) is -0.155. The number of rotatable bonds is 7. The summed E-state index contributed by atoms with van der Waals surface area (Å²) in [6, 6.07) is -0.505. The zero-order valence-electron chi connectivity index (χ0n) is 8.95. The third kappa shape index (κ3) is 5.72. The summed E-state index contributed by atoms with van der Waals surface area (Å²) in [6.07, 6.45) is 2.13. The summed E-state index contributed by atoms with van der Waals surface area (Å²) >= 11 is 0. The Morgan fingerprint density at radius 1 is 1.71 bits per heavy atom. The Balaban J connectivity index is 3.74. The van der Waals surface area contributed by atoms with Crippen molar-refractivity contribution in [1.82, 2.24) is 5.32 Å². The molecule has 0 fully saturated rings. The zero-order valence-corrected chi connectivity index (χ0v) is 8.95. The van der Waals surface area contributed by atoms with E-state index in [2.05, 4.69) is 11.9 Å². The highest BCUT2D eigenvalue weighted by Gasteiger charge is 2.13. The summed E-state index contributed by atoms with van der Waals surface area (Å²) < 4.78 is 5.16. The van der Waals surface area contributed by atoms with Gasteiger partial charge in [-0.15, -0.1) is 6.58 Å². The first-order valence-corrected chi connectivity index (χ1v) is 4.86. The van der Waals surface area contributed by atoms with Crippen LogP contribution < -0.4 is 11.1 Å². The summed E-state index contributed by atoms with van der Waals surface area (Å²) in [6.45, 7) is 8.49. The molecule has 14 heavy (non-hydrogen) atoms. The molecule has 4 heteroatoms. The number of hydrogen-bond donors (Lipinski definition) is 2. The van der Waals surface area contributed by atoms with E-state index in [-0.39, 0.29) is 11.9 Å². The molecule has 0 saturated carbocycles. The fourth-order valence-electron chi connectivity index (χ4n) is 0.973.